The number of nitrogens with zero attached hydrogens (tertiary/aromatic N) is 2. The zero-order valence-electron chi connectivity index (χ0n) is 20.8. The first-order valence-corrected chi connectivity index (χ1v) is 13.4. The van der Waals surface area contributed by atoms with E-state index in [0.29, 0.717) is 18.8 Å². The molecule has 0 atom stereocenters. The van der Waals surface area contributed by atoms with Crippen LogP contribution in [-0.2, 0) is 12.8 Å². The number of aryl methyl sites for hydroxylation is 2. The van der Waals surface area contributed by atoms with Crippen LogP contribution in [0.15, 0.2) is 53.7 Å². The van der Waals surface area contributed by atoms with Crippen LogP contribution in [0.25, 0.3) is 11.3 Å². The van der Waals surface area contributed by atoms with Gasteiger partial charge in [0.2, 0.25) is 0 Å². The number of rotatable bonds is 15. The highest BCUT2D eigenvalue weighted by atomic mass is 32.1. The van der Waals surface area contributed by atoms with Gasteiger partial charge in [0, 0.05) is 16.0 Å². The van der Waals surface area contributed by atoms with Gasteiger partial charge in [-0.2, -0.15) is 0 Å². The monoisotopic (exact) mass is 495 g/mol. The second-order valence-corrected chi connectivity index (χ2v) is 9.65. The fourth-order valence-electron chi connectivity index (χ4n) is 3.75. The van der Waals surface area contributed by atoms with Crippen LogP contribution in [0.2, 0.25) is 0 Å². The third-order valence-electron chi connectivity index (χ3n) is 5.77. The van der Waals surface area contributed by atoms with Crippen molar-refractivity contribution in [3.8, 4) is 22.8 Å². The number of hydrogen-bond donors (Lipinski definition) is 2. The predicted octanol–water partition coefficient (Wildman–Crippen LogP) is 6.83. The van der Waals surface area contributed by atoms with E-state index >= 15 is 0 Å². The van der Waals surface area contributed by atoms with Crippen molar-refractivity contribution >= 4 is 17.2 Å². The van der Waals surface area contributed by atoms with Crippen molar-refractivity contribution < 1.29 is 14.7 Å². The number of unbranched alkanes of at least 4 members (excludes halogenated alkanes) is 4. The maximum atomic E-state index is 8.70. The van der Waals surface area contributed by atoms with Crippen molar-refractivity contribution in [3.63, 3.8) is 0 Å². The van der Waals surface area contributed by atoms with Crippen molar-refractivity contribution in [1.29, 1.82) is 0 Å². The second kappa shape index (κ2) is 14.4. The summed E-state index contributed by atoms with van der Waals surface area (Å²) >= 11 is 1.86. The SMILES string of the molecule is CCCCCc1nc(-c2ccc(OCCCCCOc3ccc(C(N)=NO)cc3)cc2)c(CC)s1. The molecule has 0 amide bonds. The molecule has 7 heteroatoms. The second-order valence-electron chi connectivity index (χ2n) is 8.48. The number of aromatic nitrogens is 1. The van der Waals surface area contributed by atoms with Crippen LogP contribution < -0.4 is 15.2 Å². The summed E-state index contributed by atoms with van der Waals surface area (Å²) in [6.45, 7) is 5.77. The molecule has 3 aromatic rings. The summed E-state index contributed by atoms with van der Waals surface area (Å²) in [6.07, 6.45) is 8.77. The van der Waals surface area contributed by atoms with Crippen LogP contribution in [0.1, 0.15) is 67.8 Å². The molecule has 0 saturated heterocycles. The molecule has 0 aliphatic heterocycles. The van der Waals surface area contributed by atoms with Crippen LogP contribution in [0, 0.1) is 0 Å². The van der Waals surface area contributed by atoms with Gasteiger partial charge in [0.1, 0.15) is 11.5 Å². The van der Waals surface area contributed by atoms with Gasteiger partial charge in [-0.15, -0.1) is 11.3 Å². The highest BCUT2D eigenvalue weighted by molar-refractivity contribution is 7.12. The number of nitrogens with two attached hydrogens (primary N) is 1. The highest BCUT2D eigenvalue weighted by Crippen LogP contribution is 2.31. The molecule has 0 saturated carbocycles. The zero-order valence-corrected chi connectivity index (χ0v) is 21.7. The molecule has 3 rings (SSSR count). The van der Waals surface area contributed by atoms with Gasteiger partial charge in [0.25, 0.3) is 0 Å². The minimum atomic E-state index is 0.0898. The van der Waals surface area contributed by atoms with Gasteiger partial charge in [-0.05, 0) is 87.1 Å². The van der Waals surface area contributed by atoms with Gasteiger partial charge in [-0.3, -0.25) is 0 Å². The molecule has 6 nitrogen and oxygen atoms in total. The first-order valence-electron chi connectivity index (χ1n) is 12.6. The number of oxime groups is 1. The Bertz CT molecular complexity index is 1050. The minimum Gasteiger partial charge on any atom is -0.494 e. The van der Waals surface area contributed by atoms with Crippen LogP contribution in [0.3, 0.4) is 0 Å². The van der Waals surface area contributed by atoms with Gasteiger partial charge < -0.3 is 20.4 Å². The van der Waals surface area contributed by atoms with E-state index in [2.05, 4.69) is 31.1 Å². The molecule has 1 aromatic heterocycles. The Labute approximate surface area is 212 Å². The summed E-state index contributed by atoms with van der Waals surface area (Å²) in [4.78, 5) is 6.31. The number of thiazole rings is 1. The summed E-state index contributed by atoms with van der Waals surface area (Å²) in [7, 11) is 0. The number of ether oxygens (including phenoxy) is 2. The highest BCUT2D eigenvalue weighted by Gasteiger charge is 2.12. The van der Waals surface area contributed by atoms with Crippen molar-refractivity contribution in [1.82, 2.24) is 4.98 Å². The van der Waals surface area contributed by atoms with Crippen LogP contribution in [0.5, 0.6) is 11.5 Å². The summed E-state index contributed by atoms with van der Waals surface area (Å²) in [5.74, 6) is 1.76. The van der Waals surface area contributed by atoms with E-state index in [-0.39, 0.29) is 5.84 Å². The normalized spacial score (nSPS) is 11.5. The van der Waals surface area contributed by atoms with Crippen LogP contribution in [-0.4, -0.2) is 29.2 Å². The molecule has 0 spiro atoms. The van der Waals surface area contributed by atoms with E-state index in [4.69, 9.17) is 25.4 Å². The Morgan fingerprint density at radius 2 is 1.51 bits per heavy atom. The molecule has 2 aromatic carbocycles. The van der Waals surface area contributed by atoms with Gasteiger partial charge in [-0.25, -0.2) is 4.98 Å². The molecule has 188 valence electrons. The molecule has 0 unspecified atom stereocenters. The Morgan fingerprint density at radius 3 is 2.09 bits per heavy atom. The van der Waals surface area contributed by atoms with E-state index in [1.807, 2.05) is 35.6 Å². The van der Waals surface area contributed by atoms with E-state index in [1.165, 1.54) is 34.7 Å². The molecule has 0 radical (unpaired) electrons. The average molecular weight is 496 g/mol. The third-order valence-corrected chi connectivity index (χ3v) is 7.03. The van der Waals surface area contributed by atoms with E-state index < -0.39 is 0 Å². The maximum Gasteiger partial charge on any atom is 0.170 e. The van der Waals surface area contributed by atoms with Gasteiger partial charge in [-0.1, -0.05) is 31.8 Å². The lowest BCUT2D eigenvalue weighted by Gasteiger charge is -2.09. The molecule has 0 aliphatic rings. The van der Waals surface area contributed by atoms with E-state index in [0.717, 1.165) is 49.3 Å². The smallest absolute Gasteiger partial charge is 0.170 e. The zero-order chi connectivity index (χ0) is 24.9. The topological polar surface area (TPSA) is 90.0 Å². The van der Waals surface area contributed by atoms with Crippen molar-refractivity contribution in [2.24, 2.45) is 10.9 Å². The summed E-state index contributed by atoms with van der Waals surface area (Å²) in [5.41, 5.74) is 8.53. The molecule has 0 fully saturated rings. The predicted molar refractivity (Wildman–Crippen MR) is 144 cm³/mol. The van der Waals surface area contributed by atoms with Crippen molar-refractivity contribution in [3.05, 3.63) is 64.0 Å². The van der Waals surface area contributed by atoms with Crippen molar-refractivity contribution in [2.45, 2.75) is 65.2 Å². The molecular weight excluding hydrogens is 458 g/mol. The summed E-state index contributed by atoms with van der Waals surface area (Å²) in [5, 5.41) is 13.0. The Kier molecular flexibility index (Phi) is 10.9. The molecule has 1 heterocycles. The Morgan fingerprint density at radius 1 is 0.886 bits per heavy atom. The molecule has 35 heavy (non-hydrogen) atoms. The van der Waals surface area contributed by atoms with Gasteiger partial charge in [0.05, 0.1) is 23.9 Å². The molecule has 3 N–H and O–H groups in total. The summed E-state index contributed by atoms with van der Waals surface area (Å²) in [6, 6.07) is 15.5. The number of hydrogen-bond acceptors (Lipinski definition) is 6. The van der Waals surface area contributed by atoms with E-state index in [1.54, 1.807) is 12.1 Å². The average Bonchev–Trinajstić information content (AvgIpc) is 3.31. The minimum absolute atomic E-state index is 0.0898. The third kappa shape index (κ3) is 8.28. The summed E-state index contributed by atoms with van der Waals surface area (Å²) < 4.78 is 11.7. The van der Waals surface area contributed by atoms with Crippen molar-refractivity contribution in [2.75, 3.05) is 13.2 Å². The number of amidine groups is 1. The van der Waals surface area contributed by atoms with Crippen LogP contribution in [0.4, 0.5) is 0 Å². The van der Waals surface area contributed by atoms with Crippen LogP contribution >= 0.6 is 11.3 Å². The molecule has 0 bridgehead atoms. The van der Waals surface area contributed by atoms with Gasteiger partial charge >= 0.3 is 0 Å². The quantitative estimate of drug-likeness (QED) is 0.0793. The fourth-order valence-corrected chi connectivity index (χ4v) is 4.82. The largest absolute Gasteiger partial charge is 0.494 e. The first-order chi connectivity index (χ1) is 17.1. The lowest BCUT2D eigenvalue weighted by molar-refractivity contribution is 0.279. The molecular formula is C28H37N3O3S. The molecule has 0 aliphatic carbocycles. The lowest BCUT2D eigenvalue weighted by atomic mass is 10.1. The number of benzene rings is 2. The Hall–Kier alpha value is -3.06. The Balaban J connectivity index is 1.36. The first kappa shape index (κ1) is 26.5. The fraction of sp³-hybridized carbons (Fsp3) is 0.429. The maximum absolute atomic E-state index is 8.70. The van der Waals surface area contributed by atoms with Gasteiger partial charge in [0.15, 0.2) is 5.84 Å². The standard InChI is InChI=1S/C28H37N3O3S/c1-3-5-7-10-26-30-27(25(4-2)35-26)21-11-15-23(16-12-21)33-19-8-6-9-20-34-24-17-13-22(14-18-24)28(29)31-32/h11-18,32H,3-10,19-20H2,1-2H3,(H2,29,31). The van der Waals surface area contributed by atoms with E-state index in [9.17, 15) is 0 Å². The lowest BCUT2D eigenvalue weighted by Crippen LogP contribution is -2.12.